The van der Waals surface area contributed by atoms with E-state index in [0.717, 1.165) is 0 Å². The molecule has 0 aromatic heterocycles. The van der Waals surface area contributed by atoms with E-state index >= 15 is 0 Å². The lowest BCUT2D eigenvalue weighted by molar-refractivity contribution is -0.123. The molecule has 1 heterocycles. The van der Waals surface area contributed by atoms with Gasteiger partial charge in [0, 0.05) is 17.7 Å². The predicted molar refractivity (Wildman–Crippen MR) is 89.2 cm³/mol. The molecule has 1 aliphatic heterocycles. The molecule has 1 N–H and O–H groups in total. The van der Waals surface area contributed by atoms with E-state index in [1.165, 1.54) is 16.7 Å². The minimum Gasteiger partial charge on any atom is -0.444 e. The van der Waals surface area contributed by atoms with Gasteiger partial charge in [-0.1, -0.05) is 20.8 Å². The predicted octanol–water partition coefficient (Wildman–Crippen LogP) is 2.71. The molecule has 6 heteroatoms. The van der Waals surface area contributed by atoms with Gasteiger partial charge in [0.1, 0.15) is 11.4 Å². The molecule has 0 spiro atoms. The summed E-state index contributed by atoms with van der Waals surface area (Å²) in [6.45, 7) is 11.9. The number of Topliss-reactive ketones (excluding diaryl/α,β-unsaturated/α-hetero) is 1. The minimum atomic E-state index is -0.931. The largest absolute Gasteiger partial charge is 0.444 e. The van der Waals surface area contributed by atoms with Gasteiger partial charge in [0.25, 0.3) is 0 Å². The van der Waals surface area contributed by atoms with Crippen LogP contribution in [0.25, 0.3) is 0 Å². The van der Waals surface area contributed by atoms with Crippen LogP contribution in [0.5, 0.6) is 0 Å². The van der Waals surface area contributed by atoms with Gasteiger partial charge < -0.3 is 14.7 Å². The van der Waals surface area contributed by atoms with E-state index in [-0.39, 0.29) is 23.8 Å². The number of ether oxygens (including phenoxy) is 1. The summed E-state index contributed by atoms with van der Waals surface area (Å²) in [5.74, 6) is 1.01. The zero-order valence-electron chi connectivity index (χ0n) is 14.6. The van der Waals surface area contributed by atoms with Crippen LogP contribution in [0, 0.1) is 5.41 Å². The summed E-state index contributed by atoms with van der Waals surface area (Å²) in [7, 11) is 0. The molecule has 1 amide bonds. The van der Waals surface area contributed by atoms with Gasteiger partial charge in [-0.15, -0.1) is 0 Å². The first-order chi connectivity index (χ1) is 9.82. The number of carbonyl (C=O) groups is 2. The second-order valence-corrected chi connectivity index (χ2v) is 9.03. The van der Waals surface area contributed by atoms with Gasteiger partial charge >= 0.3 is 6.09 Å². The standard InChI is InChI=1S/C16H29NO4S/c1-14(2,3)12(18)9-22-11-16(20)7-8-17(10-16)13(19)21-15(4,5)6/h20H,7-11H2,1-6H3. The number of carbonyl (C=O) groups excluding carboxylic acids is 2. The van der Waals surface area contributed by atoms with Gasteiger partial charge in [0.05, 0.1) is 17.9 Å². The molecule has 1 fully saturated rings. The first-order valence-corrected chi connectivity index (χ1v) is 8.79. The van der Waals surface area contributed by atoms with Gasteiger partial charge in [0.15, 0.2) is 0 Å². The maximum atomic E-state index is 12.0. The Labute approximate surface area is 137 Å². The fraction of sp³-hybridized carbons (Fsp3) is 0.875. The van der Waals surface area contributed by atoms with Crippen molar-refractivity contribution in [2.45, 2.75) is 59.2 Å². The number of thioether (sulfide) groups is 1. The van der Waals surface area contributed by atoms with E-state index in [4.69, 9.17) is 4.74 Å². The molecule has 0 aromatic rings. The number of likely N-dealkylation sites (tertiary alicyclic amines) is 1. The lowest BCUT2D eigenvalue weighted by Crippen LogP contribution is -2.40. The Kier molecular flexibility index (Phi) is 5.95. The van der Waals surface area contributed by atoms with Crippen LogP contribution >= 0.6 is 11.8 Å². The maximum absolute atomic E-state index is 12.0. The minimum absolute atomic E-state index is 0.170. The Balaban J connectivity index is 2.44. The molecular weight excluding hydrogens is 302 g/mol. The zero-order chi connectivity index (χ0) is 17.2. The maximum Gasteiger partial charge on any atom is 0.410 e. The van der Waals surface area contributed by atoms with Crippen molar-refractivity contribution in [3.8, 4) is 0 Å². The highest BCUT2D eigenvalue weighted by Crippen LogP contribution is 2.28. The normalized spacial score (nSPS) is 22.8. The Bertz CT molecular complexity index is 425. The Morgan fingerprint density at radius 2 is 1.82 bits per heavy atom. The van der Waals surface area contributed by atoms with Crippen molar-refractivity contribution in [2.75, 3.05) is 24.6 Å². The number of rotatable bonds is 4. The van der Waals surface area contributed by atoms with Crippen molar-refractivity contribution in [2.24, 2.45) is 5.41 Å². The first kappa shape index (κ1) is 19.3. The number of hydrogen-bond acceptors (Lipinski definition) is 5. The third-order valence-corrected chi connectivity index (χ3v) is 4.63. The number of hydrogen-bond donors (Lipinski definition) is 1. The van der Waals surface area contributed by atoms with Gasteiger partial charge in [-0.25, -0.2) is 4.79 Å². The molecule has 22 heavy (non-hydrogen) atoms. The van der Waals surface area contributed by atoms with Gasteiger partial charge in [-0.3, -0.25) is 4.79 Å². The van der Waals surface area contributed by atoms with E-state index in [0.29, 0.717) is 24.5 Å². The molecule has 1 aliphatic rings. The van der Waals surface area contributed by atoms with Crippen molar-refractivity contribution in [1.29, 1.82) is 0 Å². The molecule has 0 radical (unpaired) electrons. The fourth-order valence-electron chi connectivity index (χ4n) is 2.01. The molecule has 1 rings (SSSR count). The summed E-state index contributed by atoms with van der Waals surface area (Å²) in [5, 5.41) is 10.5. The van der Waals surface area contributed by atoms with Crippen LogP contribution in [0.15, 0.2) is 0 Å². The Hall–Kier alpha value is -0.750. The Morgan fingerprint density at radius 3 is 2.32 bits per heavy atom. The number of β-amino-alcohol motifs (C(OH)–C–C–N with tert-alkyl or cyclic N) is 1. The highest BCUT2D eigenvalue weighted by atomic mass is 32.2. The average Bonchev–Trinajstić information content (AvgIpc) is 2.68. The van der Waals surface area contributed by atoms with Crippen molar-refractivity contribution in [3.63, 3.8) is 0 Å². The average molecular weight is 331 g/mol. The summed E-state index contributed by atoms with van der Waals surface area (Å²) in [6, 6.07) is 0. The van der Waals surface area contributed by atoms with Crippen LogP contribution in [-0.4, -0.2) is 57.7 Å². The van der Waals surface area contributed by atoms with E-state index in [1.807, 2.05) is 41.5 Å². The molecule has 5 nitrogen and oxygen atoms in total. The zero-order valence-corrected chi connectivity index (χ0v) is 15.4. The lowest BCUT2D eigenvalue weighted by Gasteiger charge is -2.26. The summed E-state index contributed by atoms with van der Waals surface area (Å²) < 4.78 is 5.32. The number of amides is 1. The summed E-state index contributed by atoms with van der Waals surface area (Å²) in [5.41, 5.74) is -1.82. The van der Waals surface area contributed by atoms with Gasteiger partial charge in [-0.2, -0.15) is 11.8 Å². The van der Waals surface area contributed by atoms with Crippen molar-refractivity contribution in [3.05, 3.63) is 0 Å². The fourth-order valence-corrected chi connectivity index (χ4v) is 3.34. The molecule has 1 unspecified atom stereocenters. The SMILES string of the molecule is CC(C)(C)OC(=O)N1CCC(O)(CSCC(=O)C(C)(C)C)C1. The number of aliphatic hydroxyl groups is 1. The quantitative estimate of drug-likeness (QED) is 0.858. The topological polar surface area (TPSA) is 66.8 Å². The molecule has 0 bridgehead atoms. The smallest absolute Gasteiger partial charge is 0.410 e. The molecule has 1 atom stereocenters. The third-order valence-electron chi connectivity index (χ3n) is 3.42. The second kappa shape index (κ2) is 6.79. The molecular formula is C16H29NO4S. The lowest BCUT2D eigenvalue weighted by atomic mass is 9.92. The first-order valence-electron chi connectivity index (χ1n) is 7.64. The van der Waals surface area contributed by atoms with Crippen molar-refractivity contribution < 1.29 is 19.4 Å². The molecule has 0 aromatic carbocycles. The molecule has 128 valence electrons. The van der Waals surface area contributed by atoms with Crippen LogP contribution in [0.4, 0.5) is 4.79 Å². The van der Waals surface area contributed by atoms with Crippen LogP contribution in [0.2, 0.25) is 0 Å². The van der Waals surface area contributed by atoms with E-state index in [2.05, 4.69) is 0 Å². The summed E-state index contributed by atoms with van der Waals surface area (Å²) >= 11 is 1.43. The summed E-state index contributed by atoms with van der Waals surface area (Å²) in [4.78, 5) is 25.4. The van der Waals surface area contributed by atoms with Crippen molar-refractivity contribution >= 4 is 23.6 Å². The number of nitrogens with zero attached hydrogens (tertiary/aromatic N) is 1. The molecule has 0 aliphatic carbocycles. The number of ketones is 1. The monoisotopic (exact) mass is 331 g/mol. The van der Waals surface area contributed by atoms with Crippen LogP contribution < -0.4 is 0 Å². The molecule has 0 saturated carbocycles. The van der Waals surface area contributed by atoms with E-state index in [1.54, 1.807) is 0 Å². The highest BCUT2D eigenvalue weighted by molar-refractivity contribution is 8.00. The third kappa shape index (κ3) is 6.16. The van der Waals surface area contributed by atoms with Crippen LogP contribution in [0.1, 0.15) is 48.0 Å². The highest BCUT2D eigenvalue weighted by Gasteiger charge is 2.39. The van der Waals surface area contributed by atoms with Gasteiger partial charge in [-0.05, 0) is 27.2 Å². The van der Waals surface area contributed by atoms with E-state index < -0.39 is 11.2 Å². The second-order valence-electron chi connectivity index (χ2n) is 8.04. The summed E-state index contributed by atoms with van der Waals surface area (Å²) in [6.07, 6.45) is 0.127. The Morgan fingerprint density at radius 1 is 1.23 bits per heavy atom. The van der Waals surface area contributed by atoms with Crippen LogP contribution in [-0.2, 0) is 9.53 Å². The van der Waals surface area contributed by atoms with Crippen molar-refractivity contribution in [1.82, 2.24) is 4.90 Å². The molecule has 1 saturated heterocycles. The van der Waals surface area contributed by atoms with Crippen LogP contribution in [0.3, 0.4) is 0 Å². The van der Waals surface area contributed by atoms with E-state index in [9.17, 15) is 14.7 Å². The van der Waals surface area contributed by atoms with Gasteiger partial charge in [0.2, 0.25) is 0 Å².